The third-order valence-corrected chi connectivity index (χ3v) is 2.13. The molecule has 0 heterocycles. The minimum absolute atomic E-state index is 0.0662. The van der Waals surface area contributed by atoms with E-state index in [1.807, 2.05) is 4.90 Å². The number of amides is 1. The van der Waals surface area contributed by atoms with Crippen molar-refractivity contribution < 1.29 is 15.0 Å². The van der Waals surface area contributed by atoms with Crippen molar-refractivity contribution in [2.24, 2.45) is 5.73 Å². The number of primary amides is 1. The summed E-state index contributed by atoms with van der Waals surface area (Å²) < 4.78 is 0. The number of rotatable bonds is 9. The van der Waals surface area contributed by atoms with Gasteiger partial charge in [-0.1, -0.05) is 6.58 Å². The molecule has 0 aliphatic rings. The highest BCUT2D eigenvalue weighted by Gasteiger charge is 2.05. The summed E-state index contributed by atoms with van der Waals surface area (Å²) in [5.74, 6) is -0.467. The monoisotopic (exact) mass is 216 g/mol. The topological polar surface area (TPSA) is 86.8 Å². The Morgan fingerprint density at radius 1 is 1.20 bits per heavy atom. The lowest BCUT2D eigenvalue weighted by molar-refractivity contribution is -0.114. The first kappa shape index (κ1) is 14.1. The summed E-state index contributed by atoms with van der Waals surface area (Å²) in [6, 6.07) is 0. The van der Waals surface area contributed by atoms with Crippen molar-refractivity contribution in [3.8, 4) is 0 Å². The lowest BCUT2D eigenvalue weighted by Gasteiger charge is -2.19. The van der Waals surface area contributed by atoms with Gasteiger partial charge in [-0.3, -0.25) is 9.69 Å². The van der Waals surface area contributed by atoms with E-state index in [1.165, 1.54) is 0 Å². The molecule has 0 bridgehead atoms. The maximum absolute atomic E-state index is 10.7. The van der Waals surface area contributed by atoms with Gasteiger partial charge in [0.15, 0.2) is 0 Å². The number of carbonyl (C=O) groups is 1. The summed E-state index contributed by atoms with van der Waals surface area (Å²) in [7, 11) is 0. The van der Waals surface area contributed by atoms with Crippen molar-refractivity contribution in [3.63, 3.8) is 0 Å². The van der Waals surface area contributed by atoms with Gasteiger partial charge in [-0.05, 0) is 19.4 Å². The SMILES string of the molecule is C=C(CCCN(CCO)CCO)C(N)=O. The molecule has 0 aromatic rings. The van der Waals surface area contributed by atoms with Crippen molar-refractivity contribution in [1.29, 1.82) is 0 Å². The Morgan fingerprint density at radius 3 is 2.13 bits per heavy atom. The van der Waals surface area contributed by atoms with E-state index in [1.54, 1.807) is 0 Å². The molecule has 0 spiro atoms. The fourth-order valence-electron chi connectivity index (χ4n) is 1.26. The summed E-state index contributed by atoms with van der Waals surface area (Å²) in [6.45, 7) is 5.46. The summed E-state index contributed by atoms with van der Waals surface area (Å²) in [4.78, 5) is 12.6. The maximum Gasteiger partial charge on any atom is 0.244 e. The van der Waals surface area contributed by atoms with Gasteiger partial charge in [-0.2, -0.15) is 0 Å². The Hall–Kier alpha value is -0.910. The Labute approximate surface area is 90.2 Å². The molecule has 0 aromatic carbocycles. The van der Waals surface area contributed by atoms with E-state index in [9.17, 15) is 4.79 Å². The van der Waals surface area contributed by atoms with Crippen LogP contribution in [-0.2, 0) is 4.79 Å². The number of hydrogen-bond donors (Lipinski definition) is 3. The molecule has 0 saturated carbocycles. The van der Waals surface area contributed by atoms with Gasteiger partial charge in [-0.15, -0.1) is 0 Å². The molecule has 0 radical (unpaired) electrons. The molecule has 0 rings (SSSR count). The van der Waals surface area contributed by atoms with E-state index >= 15 is 0 Å². The first-order chi connectivity index (χ1) is 7.11. The van der Waals surface area contributed by atoms with Crippen molar-refractivity contribution in [3.05, 3.63) is 12.2 Å². The normalized spacial score (nSPS) is 10.6. The highest BCUT2D eigenvalue weighted by atomic mass is 16.3. The lowest BCUT2D eigenvalue weighted by atomic mass is 10.1. The minimum atomic E-state index is -0.467. The van der Waals surface area contributed by atoms with E-state index in [0.29, 0.717) is 31.6 Å². The smallest absolute Gasteiger partial charge is 0.244 e. The van der Waals surface area contributed by atoms with Crippen LogP contribution in [0.25, 0.3) is 0 Å². The van der Waals surface area contributed by atoms with Crippen LogP contribution < -0.4 is 5.73 Å². The second-order valence-corrected chi connectivity index (χ2v) is 3.36. The predicted molar refractivity (Wildman–Crippen MR) is 58.2 cm³/mol. The summed E-state index contributed by atoms with van der Waals surface area (Å²) in [5.41, 5.74) is 5.46. The van der Waals surface area contributed by atoms with Gasteiger partial charge in [0, 0.05) is 18.7 Å². The van der Waals surface area contributed by atoms with Crippen LogP contribution >= 0.6 is 0 Å². The maximum atomic E-state index is 10.7. The summed E-state index contributed by atoms with van der Waals surface area (Å²) in [5, 5.41) is 17.5. The van der Waals surface area contributed by atoms with Crippen LogP contribution in [0.15, 0.2) is 12.2 Å². The third-order valence-electron chi connectivity index (χ3n) is 2.13. The molecule has 0 fully saturated rings. The largest absolute Gasteiger partial charge is 0.395 e. The van der Waals surface area contributed by atoms with Gasteiger partial charge in [0.1, 0.15) is 0 Å². The second-order valence-electron chi connectivity index (χ2n) is 3.36. The summed E-state index contributed by atoms with van der Waals surface area (Å²) >= 11 is 0. The van der Waals surface area contributed by atoms with Gasteiger partial charge in [-0.25, -0.2) is 0 Å². The van der Waals surface area contributed by atoms with Crippen LogP contribution in [0.5, 0.6) is 0 Å². The van der Waals surface area contributed by atoms with Gasteiger partial charge >= 0.3 is 0 Å². The summed E-state index contributed by atoms with van der Waals surface area (Å²) in [6.07, 6.45) is 1.31. The van der Waals surface area contributed by atoms with Crippen LogP contribution in [0.4, 0.5) is 0 Å². The molecule has 5 heteroatoms. The molecule has 0 unspecified atom stereocenters. The molecule has 88 valence electrons. The van der Waals surface area contributed by atoms with E-state index in [0.717, 1.165) is 6.42 Å². The van der Waals surface area contributed by atoms with Crippen LogP contribution in [0.2, 0.25) is 0 Å². The average molecular weight is 216 g/mol. The lowest BCUT2D eigenvalue weighted by Crippen LogP contribution is -2.31. The number of hydrogen-bond acceptors (Lipinski definition) is 4. The molecule has 1 amide bonds. The average Bonchev–Trinajstić information content (AvgIpc) is 2.18. The molecule has 0 atom stereocenters. The van der Waals surface area contributed by atoms with Crippen LogP contribution in [0, 0.1) is 0 Å². The Kier molecular flexibility index (Phi) is 7.89. The second kappa shape index (κ2) is 8.40. The molecule has 5 nitrogen and oxygen atoms in total. The van der Waals surface area contributed by atoms with Crippen molar-refractivity contribution in [1.82, 2.24) is 4.90 Å². The molecule has 0 aliphatic carbocycles. The minimum Gasteiger partial charge on any atom is -0.395 e. The number of aliphatic hydroxyl groups excluding tert-OH is 2. The zero-order valence-electron chi connectivity index (χ0n) is 8.98. The highest BCUT2D eigenvalue weighted by Crippen LogP contribution is 2.02. The van der Waals surface area contributed by atoms with E-state index in [2.05, 4.69) is 6.58 Å². The van der Waals surface area contributed by atoms with Crippen LogP contribution in [0.3, 0.4) is 0 Å². The fourth-order valence-corrected chi connectivity index (χ4v) is 1.26. The first-order valence-electron chi connectivity index (χ1n) is 5.03. The molecular formula is C10H20N2O3. The van der Waals surface area contributed by atoms with Crippen molar-refractivity contribution in [2.75, 3.05) is 32.8 Å². The number of nitrogens with zero attached hydrogens (tertiary/aromatic N) is 1. The van der Waals surface area contributed by atoms with Crippen LogP contribution in [0.1, 0.15) is 12.8 Å². The quantitative estimate of drug-likeness (QED) is 0.436. The molecule has 4 N–H and O–H groups in total. The molecule has 0 aliphatic heterocycles. The van der Waals surface area contributed by atoms with Gasteiger partial charge in [0.05, 0.1) is 13.2 Å². The van der Waals surface area contributed by atoms with E-state index in [-0.39, 0.29) is 13.2 Å². The van der Waals surface area contributed by atoms with Crippen LogP contribution in [-0.4, -0.2) is 53.9 Å². The highest BCUT2D eigenvalue weighted by molar-refractivity contribution is 5.91. The van der Waals surface area contributed by atoms with Gasteiger partial charge in [0.2, 0.25) is 5.91 Å². The molecule has 0 saturated heterocycles. The van der Waals surface area contributed by atoms with Gasteiger partial charge in [0.25, 0.3) is 0 Å². The predicted octanol–water partition coefficient (Wildman–Crippen LogP) is -0.905. The number of nitrogens with two attached hydrogens (primary N) is 1. The van der Waals surface area contributed by atoms with E-state index < -0.39 is 5.91 Å². The van der Waals surface area contributed by atoms with Crippen molar-refractivity contribution in [2.45, 2.75) is 12.8 Å². The zero-order chi connectivity index (χ0) is 11.7. The standard InChI is InChI=1S/C10H20N2O3/c1-9(10(11)15)3-2-4-12(5-7-13)6-8-14/h13-14H,1-8H2,(H2,11,15). The number of carbonyl (C=O) groups excluding carboxylic acids is 1. The fraction of sp³-hybridized carbons (Fsp3) is 0.700. The molecule has 0 aromatic heterocycles. The van der Waals surface area contributed by atoms with Gasteiger partial charge < -0.3 is 15.9 Å². The number of aliphatic hydroxyl groups is 2. The van der Waals surface area contributed by atoms with E-state index in [4.69, 9.17) is 15.9 Å². The third kappa shape index (κ3) is 7.07. The first-order valence-corrected chi connectivity index (χ1v) is 5.03. The van der Waals surface area contributed by atoms with Crippen molar-refractivity contribution >= 4 is 5.91 Å². The zero-order valence-corrected chi connectivity index (χ0v) is 8.98. The molecular weight excluding hydrogens is 196 g/mol. The molecule has 15 heavy (non-hydrogen) atoms. The Morgan fingerprint density at radius 2 is 1.73 bits per heavy atom. The Balaban J connectivity index is 3.69. The Bertz CT molecular complexity index is 201.